The SMILES string of the molecule is CC(Sc1nc(N)cc(N)n1)C(=O)N1N=C(c2ccc(Cl)cc2)CC1c1ccco1. The standard InChI is InChI=1S/C20H19ClN6O2S/c1-11(30-20-24-17(22)10-18(23)25-20)19(28)27-15(16-3-2-8-29-16)9-14(26-27)12-4-6-13(21)7-5-12/h2-8,10-11,15H,9H2,1H3,(H4,22,23,24,25). The second-order valence-electron chi connectivity index (χ2n) is 6.73. The Morgan fingerprint density at radius 1 is 1.23 bits per heavy atom. The average molecular weight is 443 g/mol. The molecule has 0 fully saturated rings. The summed E-state index contributed by atoms with van der Waals surface area (Å²) >= 11 is 7.17. The molecule has 1 aliphatic rings. The van der Waals surface area contributed by atoms with E-state index in [1.54, 1.807) is 31.4 Å². The van der Waals surface area contributed by atoms with Gasteiger partial charge in [-0.1, -0.05) is 35.5 Å². The lowest BCUT2D eigenvalue weighted by molar-refractivity contribution is -0.132. The first-order valence-electron chi connectivity index (χ1n) is 9.17. The third kappa shape index (κ3) is 4.27. The maximum atomic E-state index is 13.3. The topological polar surface area (TPSA) is 124 Å². The molecular weight excluding hydrogens is 424 g/mol. The highest BCUT2D eigenvalue weighted by Gasteiger charge is 2.37. The minimum Gasteiger partial charge on any atom is -0.467 e. The molecule has 0 spiro atoms. The van der Waals surface area contributed by atoms with Crippen molar-refractivity contribution in [3.8, 4) is 0 Å². The Bertz CT molecular complexity index is 1070. The Labute approximate surface area is 182 Å². The van der Waals surface area contributed by atoms with Crippen LogP contribution in [0.1, 0.15) is 30.7 Å². The van der Waals surface area contributed by atoms with Gasteiger partial charge in [0.25, 0.3) is 5.91 Å². The summed E-state index contributed by atoms with van der Waals surface area (Å²) in [5.74, 6) is 0.970. The highest BCUT2D eigenvalue weighted by molar-refractivity contribution is 8.00. The molecular formula is C20H19ClN6O2S. The monoisotopic (exact) mass is 442 g/mol. The molecule has 3 heterocycles. The maximum absolute atomic E-state index is 13.3. The summed E-state index contributed by atoms with van der Waals surface area (Å²) in [6.45, 7) is 1.77. The van der Waals surface area contributed by atoms with Gasteiger partial charge in [-0.15, -0.1) is 0 Å². The van der Waals surface area contributed by atoms with Crippen LogP contribution in [0.5, 0.6) is 0 Å². The van der Waals surface area contributed by atoms with Gasteiger partial charge in [0.15, 0.2) is 5.16 Å². The maximum Gasteiger partial charge on any atom is 0.256 e. The third-order valence-corrected chi connectivity index (χ3v) is 5.76. The number of nitrogen functional groups attached to an aromatic ring is 2. The number of amides is 1. The number of carbonyl (C=O) groups excluding carboxylic acids is 1. The van der Waals surface area contributed by atoms with Crippen LogP contribution in [0.25, 0.3) is 0 Å². The average Bonchev–Trinajstić information content (AvgIpc) is 3.37. The van der Waals surface area contributed by atoms with Crippen molar-refractivity contribution in [1.82, 2.24) is 15.0 Å². The summed E-state index contributed by atoms with van der Waals surface area (Å²) in [6, 6.07) is 12.1. The highest BCUT2D eigenvalue weighted by atomic mass is 35.5. The predicted octanol–water partition coefficient (Wildman–Crippen LogP) is 3.75. The number of anilines is 2. The van der Waals surface area contributed by atoms with Crippen molar-refractivity contribution in [2.45, 2.75) is 29.8 Å². The van der Waals surface area contributed by atoms with E-state index in [-0.39, 0.29) is 23.6 Å². The van der Waals surface area contributed by atoms with E-state index < -0.39 is 5.25 Å². The zero-order chi connectivity index (χ0) is 21.3. The Morgan fingerprint density at radius 3 is 2.57 bits per heavy atom. The number of thioether (sulfide) groups is 1. The highest BCUT2D eigenvalue weighted by Crippen LogP contribution is 2.35. The lowest BCUT2D eigenvalue weighted by Gasteiger charge is -2.22. The summed E-state index contributed by atoms with van der Waals surface area (Å²) in [6.07, 6.45) is 2.11. The Morgan fingerprint density at radius 2 is 1.93 bits per heavy atom. The van der Waals surface area contributed by atoms with E-state index >= 15 is 0 Å². The van der Waals surface area contributed by atoms with Gasteiger partial charge < -0.3 is 15.9 Å². The molecule has 4 N–H and O–H groups in total. The Kier molecular flexibility index (Phi) is 5.65. The number of hydrazone groups is 1. The van der Waals surface area contributed by atoms with E-state index in [0.717, 1.165) is 11.3 Å². The van der Waals surface area contributed by atoms with E-state index in [1.165, 1.54) is 22.8 Å². The van der Waals surface area contributed by atoms with E-state index in [0.29, 0.717) is 22.4 Å². The van der Waals surface area contributed by atoms with Crippen LogP contribution in [0, 0.1) is 0 Å². The summed E-state index contributed by atoms with van der Waals surface area (Å²) in [5.41, 5.74) is 13.1. The lowest BCUT2D eigenvalue weighted by Crippen LogP contribution is -2.33. The van der Waals surface area contributed by atoms with Crippen LogP contribution in [-0.2, 0) is 4.79 Å². The first kappa shape index (κ1) is 20.2. The second kappa shape index (κ2) is 8.37. The zero-order valence-electron chi connectivity index (χ0n) is 16.0. The summed E-state index contributed by atoms with van der Waals surface area (Å²) in [5, 5.41) is 6.54. The largest absolute Gasteiger partial charge is 0.467 e. The predicted molar refractivity (Wildman–Crippen MR) is 117 cm³/mol. The molecule has 0 aliphatic carbocycles. The quantitative estimate of drug-likeness (QED) is 0.455. The normalized spacial score (nSPS) is 17.1. The molecule has 30 heavy (non-hydrogen) atoms. The van der Waals surface area contributed by atoms with Gasteiger partial charge in [-0.2, -0.15) is 5.10 Å². The van der Waals surface area contributed by atoms with Gasteiger partial charge in [-0.3, -0.25) is 4.79 Å². The van der Waals surface area contributed by atoms with Crippen molar-refractivity contribution in [2.75, 3.05) is 11.5 Å². The number of furan rings is 1. The lowest BCUT2D eigenvalue weighted by atomic mass is 10.0. The summed E-state index contributed by atoms with van der Waals surface area (Å²) in [7, 11) is 0. The van der Waals surface area contributed by atoms with Crippen LogP contribution >= 0.6 is 23.4 Å². The first-order chi connectivity index (χ1) is 14.4. The molecule has 1 amide bonds. The van der Waals surface area contributed by atoms with Gasteiger partial charge in [0.2, 0.25) is 0 Å². The molecule has 0 bridgehead atoms. The number of halogens is 1. The number of nitrogens with zero attached hydrogens (tertiary/aromatic N) is 4. The molecule has 0 radical (unpaired) electrons. The molecule has 154 valence electrons. The Balaban J connectivity index is 1.60. The van der Waals surface area contributed by atoms with Gasteiger partial charge >= 0.3 is 0 Å². The van der Waals surface area contributed by atoms with E-state index in [4.69, 9.17) is 27.5 Å². The minimum atomic E-state index is -0.517. The van der Waals surface area contributed by atoms with Gasteiger partial charge in [-0.05, 0) is 36.8 Å². The molecule has 0 saturated carbocycles. The van der Waals surface area contributed by atoms with Crippen LogP contribution in [-0.4, -0.2) is 31.8 Å². The second-order valence-corrected chi connectivity index (χ2v) is 8.48. The number of rotatable bonds is 5. The number of hydrogen-bond acceptors (Lipinski definition) is 8. The number of carbonyl (C=O) groups is 1. The first-order valence-corrected chi connectivity index (χ1v) is 10.4. The smallest absolute Gasteiger partial charge is 0.256 e. The molecule has 2 atom stereocenters. The van der Waals surface area contributed by atoms with Crippen LogP contribution in [0.15, 0.2) is 63.4 Å². The van der Waals surface area contributed by atoms with Gasteiger partial charge in [0, 0.05) is 17.5 Å². The van der Waals surface area contributed by atoms with Gasteiger partial charge in [0.1, 0.15) is 23.4 Å². The molecule has 1 aliphatic heterocycles. The number of nitrogens with two attached hydrogens (primary N) is 2. The molecule has 8 nitrogen and oxygen atoms in total. The molecule has 10 heteroatoms. The fourth-order valence-electron chi connectivity index (χ4n) is 3.14. The fourth-order valence-corrected chi connectivity index (χ4v) is 4.11. The number of benzene rings is 1. The molecule has 4 rings (SSSR count). The fraction of sp³-hybridized carbons (Fsp3) is 0.200. The molecule has 2 aromatic heterocycles. The van der Waals surface area contributed by atoms with Crippen molar-refractivity contribution < 1.29 is 9.21 Å². The molecule has 1 aromatic carbocycles. The van der Waals surface area contributed by atoms with Crippen molar-refractivity contribution in [3.63, 3.8) is 0 Å². The van der Waals surface area contributed by atoms with E-state index in [9.17, 15) is 4.79 Å². The van der Waals surface area contributed by atoms with Crippen molar-refractivity contribution in [3.05, 3.63) is 65.1 Å². The molecule has 3 aromatic rings. The van der Waals surface area contributed by atoms with E-state index in [2.05, 4.69) is 15.1 Å². The van der Waals surface area contributed by atoms with Crippen molar-refractivity contribution in [2.24, 2.45) is 5.10 Å². The minimum absolute atomic E-state index is 0.199. The van der Waals surface area contributed by atoms with Crippen LogP contribution in [0.2, 0.25) is 5.02 Å². The number of hydrogen-bond donors (Lipinski definition) is 2. The van der Waals surface area contributed by atoms with E-state index in [1.807, 2.05) is 18.2 Å². The zero-order valence-corrected chi connectivity index (χ0v) is 17.6. The van der Waals surface area contributed by atoms with Gasteiger partial charge in [-0.25, -0.2) is 15.0 Å². The van der Waals surface area contributed by atoms with Crippen LogP contribution in [0.3, 0.4) is 0 Å². The third-order valence-electron chi connectivity index (χ3n) is 4.56. The number of aromatic nitrogens is 2. The van der Waals surface area contributed by atoms with Crippen molar-refractivity contribution in [1.29, 1.82) is 0 Å². The summed E-state index contributed by atoms with van der Waals surface area (Å²) < 4.78 is 5.58. The Hall–Kier alpha value is -3.04. The molecule has 2 unspecified atom stereocenters. The van der Waals surface area contributed by atoms with Crippen molar-refractivity contribution >= 4 is 46.6 Å². The molecule has 0 saturated heterocycles. The van der Waals surface area contributed by atoms with Crippen LogP contribution in [0.4, 0.5) is 11.6 Å². The summed E-state index contributed by atoms with van der Waals surface area (Å²) in [4.78, 5) is 21.5. The van der Waals surface area contributed by atoms with Gasteiger partial charge in [0.05, 0.1) is 17.2 Å². The van der Waals surface area contributed by atoms with Crippen LogP contribution < -0.4 is 11.5 Å².